The van der Waals surface area contributed by atoms with E-state index >= 15 is 0 Å². The number of nitrogens with zero attached hydrogens (tertiary/aromatic N) is 2. The van der Waals surface area contributed by atoms with Crippen molar-refractivity contribution in [1.82, 2.24) is 30.4 Å². The molecule has 2 unspecified atom stereocenters. The number of carboxylic acids is 1. The van der Waals surface area contributed by atoms with Gasteiger partial charge in [-0.05, 0) is 115 Å². The molecule has 2 aromatic heterocycles. The standard InChI is InChI=1S/C56H74N6O8/c1-33(41-17-18-42-40-28-48(64)56(5)29-37(63)20-24-55(56,4)43(40)21-23-54(41,42)3)16-19-49(65)57-25-22-45(59-51(68)34(2)26-35-30-58-44-14-10-8-12-38(35)44)52(69)60-46(53(70)61(6)7)27-36-31-62(32-50(66)67)47-15-11-9-13-39(36)47/h8-15,30-31,33-34,40-43,45-46,58H,16-29,32H2,1-7H3,(H,57,65)(H,59,68)(H,60,69)(H,66,67)/t33-,34+,40+,41-,42?,43?,45+,46+,54-,55-,56+/m1/s1. The molecule has 4 amide bonds. The Morgan fingerprint density at radius 1 is 0.843 bits per heavy atom. The zero-order valence-corrected chi connectivity index (χ0v) is 42.2. The number of aromatic amines is 1. The van der Waals surface area contributed by atoms with Crippen LogP contribution in [0.5, 0.6) is 0 Å². The quantitative estimate of drug-likeness (QED) is 0.0679. The lowest BCUT2D eigenvalue weighted by molar-refractivity contribution is -0.177. The lowest BCUT2D eigenvalue weighted by Gasteiger charge is -2.63. The number of rotatable bonds is 18. The number of aromatic nitrogens is 2. The molecular weight excluding hydrogens is 885 g/mol. The van der Waals surface area contributed by atoms with E-state index in [-0.39, 0.29) is 72.0 Å². The number of fused-ring (bicyclic) bond motifs is 7. The van der Waals surface area contributed by atoms with Gasteiger partial charge >= 0.3 is 5.97 Å². The van der Waals surface area contributed by atoms with E-state index in [1.807, 2.05) is 61.7 Å². The highest BCUT2D eigenvalue weighted by atomic mass is 16.4. The Morgan fingerprint density at radius 2 is 1.56 bits per heavy atom. The minimum absolute atomic E-state index is 0.0730. The number of benzene rings is 2. The van der Waals surface area contributed by atoms with Gasteiger partial charge in [-0.3, -0.25) is 33.6 Å². The predicted octanol–water partition coefficient (Wildman–Crippen LogP) is 7.41. The Kier molecular flexibility index (Phi) is 14.6. The van der Waals surface area contributed by atoms with Gasteiger partial charge in [0.25, 0.3) is 0 Å². The van der Waals surface area contributed by atoms with Gasteiger partial charge in [0.15, 0.2) is 0 Å². The van der Waals surface area contributed by atoms with E-state index in [1.165, 1.54) is 4.90 Å². The van der Waals surface area contributed by atoms with Crippen molar-refractivity contribution in [1.29, 1.82) is 0 Å². The number of hydrogen-bond donors (Lipinski definition) is 5. The Morgan fingerprint density at radius 3 is 2.30 bits per heavy atom. The fraction of sp³-hybridized carbons (Fsp3) is 0.589. The first-order chi connectivity index (χ1) is 33.2. The van der Waals surface area contributed by atoms with E-state index in [0.717, 1.165) is 54.0 Å². The number of carboxylic acid groups (broad SMARTS) is 1. The zero-order valence-electron chi connectivity index (χ0n) is 42.2. The maximum Gasteiger partial charge on any atom is 0.323 e. The second-order valence-electron chi connectivity index (χ2n) is 22.6. The number of hydrogen-bond acceptors (Lipinski definition) is 7. The van der Waals surface area contributed by atoms with Crippen molar-refractivity contribution in [3.05, 3.63) is 72.1 Å². The van der Waals surface area contributed by atoms with Gasteiger partial charge in [-0.25, -0.2) is 0 Å². The largest absolute Gasteiger partial charge is 0.480 e. The van der Waals surface area contributed by atoms with Gasteiger partial charge in [-0.15, -0.1) is 0 Å². The minimum atomic E-state index is -1.09. The number of Topliss-reactive ketones (excluding diaryl/α,β-unsaturated/α-hetero) is 2. The van der Waals surface area contributed by atoms with E-state index in [2.05, 4.69) is 48.6 Å². The molecule has 376 valence electrons. The first-order valence-corrected chi connectivity index (χ1v) is 25.7. The molecule has 4 aliphatic carbocycles. The number of carbonyl (C=O) groups excluding carboxylic acids is 6. The van der Waals surface area contributed by atoms with Crippen LogP contribution in [0.2, 0.25) is 0 Å². The van der Waals surface area contributed by atoms with Crippen LogP contribution < -0.4 is 16.0 Å². The second kappa shape index (κ2) is 20.1. The van der Waals surface area contributed by atoms with Gasteiger partial charge in [0, 0.05) is 98.3 Å². The molecular formula is C56H74N6O8. The van der Waals surface area contributed by atoms with Crippen molar-refractivity contribution in [3.8, 4) is 0 Å². The lowest BCUT2D eigenvalue weighted by Crippen LogP contribution is -2.61. The summed E-state index contributed by atoms with van der Waals surface area (Å²) in [5, 5.41) is 20.3. The molecule has 11 atom stereocenters. The fourth-order valence-electron chi connectivity index (χ4n) is 14.2. The predicted molar refractivity (Wildman–Crippen MR) is 268 cm³/mol. The van der Waals surface area contributed by atoms with Crippen LogP contribution in [0.15, 0.2) is 60.9 Å². The molecule has 2 heterocycles. The minimum Gasteiger partial charge on any atom is -0.480 e. The number of amides is 4. The molecule has 2 aromatic carbocycles. The maximum absolute atomic E-state index is 14.4. The zero-order chi connectivity index (χ0) is 50.3. The first kappa shape index (κ1) is 50.6. The third kappa shape index (κ3) is 9.68. The molecule has 0 bridgehead atoms. The number of nitrogens with one attached hydrogen (secondary N) is 4. The molecule has 0 aliphatic heterocycles. The number of likely N-dealkylation sites (N-methyl/N-ethyl adjacent to an activating group) is 1. The molecule has 5 N–H and O–H groups in total. The molecule has 4 aliphatic rings. The van der Waals surface area contributed by atoms with Crippen molar-refractivity contribution >= 4 is 63.0 Å². The monoisotopic (exact) mass is 959 g/mol. The number of para-hydroxylation sites is 2. The van der Waals surface area contributed by atoms with E-state index in [0.29, 0.717) is 73.3 Å². The third-order valence-electron chi connectivity index (χ3n) is 18.3. The Bertz CT molecular complexity index is 2670. The van der Waals surface area contributed by atoms with E-state index in [1.54, 1.807) is 24.9 Å². The average molecular weight is 959 g/mol. The highest BCUT2D eigenvalue weighted by molar-refractivity contribution is 5.95. The Balaban J connectivity index is 0.921. The molecule has 14 nitrogen and oxygen atoms in total. The summed E-state index contributed by atoms with van der Waals surface area (Å²) in [7, 11) is 3.20. The van der Waals surface area contributed by atoms with Gasteiger partial charge in [0.05, 0.1) is 0 Å². The van der Waals surface area contributed by atoms with Gasteiger partial charge in [-0.2, -0.15) is 0 Å². The van der Waals surface area contributed by atoms with Crippen LogP contribution in [0, 0.1) is 51.8 Å². The number of H-pyrrole nitrogens is 1. The highest BCUT2D eigenvalue weighted by Crippen LogP contribution is 2.70. The van der Waals surface area contributed by atoms with Crippen LogP contribution in [0.4, 0.5) is 0 Å². The summed E-state index contributed by atoms with van der Waals surface area (Å²) in [6, 6.07) is 13.0. The summed E-state index contributed by atoms with van der Waals surface area (Å²) in [6.07, 6.45) is 11.8. The SMILES string of the molecule is C[C@H](CCC(=O)NCC[C@H](NC(=O)[C@@H](C)Cc1c[nH]c2ccccc12)C(=O)N[C@@H](Cc1cn(CC(=O)O)c2ccccc12)C(=O)N(C)C)[C@H]1CCC2[C@@H]3CC(=O)[C@]4(C)CC(=O)CC[C@]4(C)C3CC[C@@]21C. The average Bonchev–Trinajstić information content (AvgIpc) is 4.01. The summed E-state index contributed by atoms with van der Waals surface area (Å²) >= 11 is 0. The van der Waals surface area contributed by atoms with E-state index < -0.39 is 35.3 Å². The van der Waals surface area contributed by atoms with Gasteiger partial charge in [0.2, 0.25) is 23.6 Å². The molecule has 0 radical (unpaired) electrons. The summed E-state index contributed by atoms with van der Waals surface area (Å²) in [5.41, 5.74) is 2.67. The summed E-state index contributed by atoms with van der Waals surface area (Å²) in [4.78, 5) is 98.7. The fourth-order valence-corrected chi connectivity index (χ4v) is 14.2. The van der Waals surface area contributed by atoms with Crippen LogP contribution in [-0.4, -0.2) is 93.4 Å². The van der Waals surface area contributed by atoms with Gasteiger partial charge in [0.1, 0.15) is 30.2 Å². The molecule has 0 spiro atoms. The molecule has 4 fully saturated rings. The van der Waals surface area contributed by atoms with E-state index in [4.69, 9.17) is 0 Å². The van der Waals surface area contributed by atoms with Crippen LogP contribution in [0.3, 0.4) is 0 Å². The van der Waals surface area contributed by atoms with Gasteiger partial charge < -0.3 is 35.5 Å². The van der Waals surface area contributed by atoms with Crippen molar-refractivity contribution in [3.63, 3.8) is 0 Å². The number of ketones is 2. The van der Waals surface area contributed by atoms with Crippen molar-refractivity contribution in [2.24, 2.45) is 51.8 Å². The van der Waals surface area contributed by atoms with Gasteiger partial charge in [-0.1, -0.05) is 71.0 Å². The second-order valence-corrected chi connectivity index (χ2v) is 22.6. The third-order valence-corrected chi connectivity index (χ3v) is 18.3. The molecule has 14 heteroatoms. The van der Waals surface area contributed by atoms with Crippen molar-refractivity contribution in [2.45, 2.75) is 137 Å². The molecule has 0 saturated heterocycles. The molecule has 4 aromatic rings. The van der Waals surface area contributed by atoms with Crippen molar-refractivity contribution in [2.75, 3.05) is 20.6 Å². The normalized spacial score (nSPS) is 27.9. The summed E-state index contributed by atoms with van der Waals surface area (Å²) in [6.45, 7) is 10.7. The Labute approximate surface area is 411 Å². The first-order valence-electron chi connectivity index (χ1n) is 25.7. The van der Waals surface area contributed by atoms with E-state index in [9.17, 15) is 38.7 Å². The van der Waals surface area contributed by atoms with Crippen LogP contribution in [0.25, 0.3) is 21.8 Å². The maximum atomic E-state index is 14.4. The topological polar surface area (TPSA) is 200 Å². The summed E-state index contributed by atoms with van der Waals surface area (Å²) < 4.78 is 1.61. The molecule has 4 saturated carbocycles. The number of aliphatic carboxylic acids is 1. The smallest absolute Gasteiger partial charge is 0.323 e. The molecule has 70 heavy (non-hydrogen) atoms. The van der Waals surface area contributed by atoms with Crippen LogP contribution in [0.1, 0.15) is 116 Å². The van der Waals surface area contributed by atoms with Crippen LogP contribution >= 0.6 is 0 Å². The van der Waals surface area contributed by atoms with Crippen molar-refractivity contribution < 1.29 is 38.7 Å². The summed E-state index contributed by atoms with van der Waals surface area (Å²) in [5.74, 6) is -0.508. The highest BCUT2D eigenvalue weighted by Gasteiger charge is 2.66. The Hall–Kier alpha value is -5.79. The lowest BCUT2D eigenvalue weighted by atomic mass is 9.40. The number of carbonyl (C=O) groups is 7. The molecule has 8 rings (SSSR count). The van der Waals surface area contributed by atoms with Crippen LogP contribution in [-0.2, 0) is 52.9 Å².